The lowest BCUT2D eigenvalue weighted by Crippen LogP contribution is -2.08. The van der Waals surface area contributed by atoms with Gasteiger partial charge in [-0.3, -0.25) is 4.79 Å². The molecule has 0 amide bonds. The molecule has 0 unspecified atom stereocenters. The SMILES string of the molecule is O=C(Cl)c1cc(Cl)c2cccc(OCC3CCCC3)c2n1. The van der Waals surface area contributed by atoms with E-state index >= 15 is 0 Å². The summed E-state index contributed by atoms with van der Waals surface area (Å²) in [5, 5.41) is 0.599. The summed E-state index contributed by atoms with van der Waals surface area (Å²) in [6.07, 6.45) is 4.98. The molecule has 1 fully saturated rings. The van der Waals surface area contributed by atoms with Crippen LogP contribution in [0.25, 0.3) is 10.9 Å². The fourth-order valence-electron chi connectivity index (χ4n) is 2.78. The molecule has 0 N–H and O–H groups in total. The molecular weight excluding hydrogens is 309 g/mol. The minimum absolute atomic E-state index is 0.145. The minimum atomic E-state index is -0.621. The van der Waals surface area contributed by atoms with Crippen LogP contribution in [0.1, 0.15) is 36.2 Å². The molecule has 0 saturated heterocycles. The minimum Gasteiger partial charge on any atom is -0.491 e. The van der Waals surface area contributed by atoms with Crippen LogP contribution in [0.2, 0.25) is 5.02 Å². The van der Waals surface area contributed by atoms with Crippen molar-refractivity contribution >= 4 is 39.3 Å². The van der Waals surface area contributed by atoms with Crippen LogP contribution in [0.5, 0.6) is 5.75 Å². The Labute approximate surface area is 133 Å². The number of aromatic nitrogens is 1. The van der Waals surface area contributed by atoms with Crippen molar-refractivity contribution in [2.24, 2.45) is 5.92 Å². The summed E-state index contributed by atoms with van der Waals surface area (Å²) in [7, 11) is 0. The second-order valence-corrected chi connectivity index (χ2v) is 6.13. The summed E-state index contributed by atoms with van der Waals surface area (Å²) < 4.78 is 5.92. The first-order valence-corrected chi connectivity index (χ1v) is 7.82. The number of carbonyl (C=O) groups is 1. The Kier molecular flexibility index (Phi) is 4.32. The lowest BCUT2D eigenvalue weighted by Gasteiger charge is -2.13. The van der Waals surface area contributed by atoms with Gasteiger partial charge < -0.3 is 4.74 Å². The number of pyridine rings is 1. The number of fused-ring (bicyclic) bond motifs is 1. The molecule has 1 aromatic heterocycles. The summed E-state index contributed by atoms with van der Waals surface area (Å²) in [5.41, 5.74) is 0.734. The van der Waals surface area contributed by atoms with Crippen LogP contribution in [0, 0.1) is 5.92 Å². The van der Waals surface area contributed by atoms with Crippen LogP contribution >= 0.6 is 23.2 Å². The molecule has 1 saturated carbocycles. The van der Waals surface area contributed by atoms with Gasteiger partial charge in [0.05, 0.1) is 11.6 Å². The smallest absolute Gasteiger partial charge is 0.270 e. The van der Waals surface area contributed by atoms with Crippen LogP contribution in [0.4, 0.5) is 0 Å². The van der Waals surface area contributed by atoms with Gasteiger partial charge in [0.25, 0.3) is 5.24 Å². The van der Waals surface area contributed by atoms with Gasteiger partial charge >= 0.3 is 0 Å². The molecule has 110 valence electrons. The van der Waals surface area contributed by atoms with Crippen molar-refractivity contribution in [2.75, 3.05) is 6.61 Å². The van der Waals surface area contributed by atoms with E-state index in [2.05, 4.69) is 4.98 Å². The average Bonchev–Trinajstić information content (AvgIpc) is 2.98. The number of carbonyl (C=O) groups excluding carboxylic acids is 1. The molecule has 1 aromatic carbocycles. The standard InChI is InChI=1S/C16H15Cl2NO2/c17-12-8-13(16(18)20)19-15-11(12)6-3-7-14(15)21-9-10-4-1-2-5-10/h3,6-8,10H,1-2,4-5,9H2. The first-order valence-electron chi connectivity index (χ1n) is 7.07. The third-order valence-electron chi connectivity index (χ3n) is 3.90. The van der Waals surface area contributed by atoms with Crippen LogP contribution in [0.15, 0.2) is 24.3 Å². The third kappa shape index (κ3) is 3.14. The molecule has 1 aliphatic rings. The molecule has 3 rings (SSSR count). The van der Waals surface area contributed by atoms with E-state index in [0.717, 1.165) is 5.39 Å². The van der Waals surface area contributed by atoms with Gasteiger partial charge in [0.15, 0.2) is 0 Å². The van der Waals surface area contributed by atoms with Gasteiger partial charge in [-0.2, -0.15) is 0 Å². The number of ether oxygens (including phenoxy) is 1. The summed E-state index contributed by atoms with van der Waals surface area (Å²) in [6, 6.07) is 7.07. The van der Waals surface area contributed by atoms with Crippen molar-refractivity contribution in [2.45, 2.75) is 25.7 Å². The number of rotatable bonds is 4. The highest BCUT2D eigenvalue weighted by Crippen LogP contribution is 2.32. The molecule has 1 heterocycles. The molecule has 0 radical (unpaired) electrons. The molecule has 0 bridgehead atoms. The van der Waals surface area contributed by atoms with Gasteiger partial charge in [0, 0.05) is 5.39 Å². The van der Waals surface area contributed by atoms with Crippen molar-refractivity contribution in [3.8, 4) is 5.75 Å². The maximum Gasteiger partial charge on any atom is 0.270 e. The van der Waals surface area contributed by atoms with E-state index in [1.165, 1.54) is 31.7 Å². The third-order valence-corrected chi connectivity index (χ3v) is 4.41. The lowest BCUT2D eigenvalue weighted by atomic mass is 10.1. The van der Waals surface area contributed by atoms with Crippen LogP contribution in [-0.2, 0) is 0 Å². The van der Waals surface area contributed by atoms with Gasteiger partial charge in [-0.05, 0) is 42.5 Å². The fourth-order valence-corrected chi connectivity index (χ4v) is 3.14. The summed E-state index contributed by atoms with van der Waals surface area (Å²) in [6.45, 7) is 0.678. The van der Waals surface area contributed by atoms with Crippen molar-refractivity contribution in [3.05, 3.63) is 35.0 Å². The molecule has 3 nitrogen and oxygen atoms in total. The summed E-state index contributed by atoms with van der Waals surface area (Å²) >= 11 is 11.7. The van der Waals surface area contributed by atoms with Crippen molar-refractivity contribution in [1.29, 1.82) is 0 Å². The Balaban J connectivity index is 1.95. The summed E-state index contributed by atoms with van der Waals surface area (Å²) in [4.78, 5) is 15.6. The quantitative estimate of drug-likeness (QED) is 0.756. The van der Waals surface area contributed by atoms with Crippen molar-refractivity contribution in [1.82, 2.24) is 4.98 Å². The van der Waals surface area contributed by atoms with Crippen molar-refractivity contribution in [3.63, 3.8) is 0 Å². The highest BCUT2D eigenvalue weighted by Gasteiger charge is 2.17. The number of hydrogen-bond donors (Lipinski definition) is 0. The molecular formula is C16H15Cl2NO2. The average molecular weight is 324 g/mol. The molecule has 1 aliphatic carbocycles. The van der Waals surface area contributed by atoms with E-state index in [1.807, 2.05) is 18.2 Å². The molecule has 0 atom stereocenters. The van der Waals surface area contributed by atoms with E-state index in [-0.39, 0.29) is 5.69 Å². The van der Waals surface area contributed by atoms with Gasteiger partial charge in [-0.1, -0.05) is 36.6 Å². The van der Waals surface area contributed by atoms with E-state index in [1.54, 1.807) is 0 Å². The van der Waals surface area contributed by atoms with Gasteiger partial charge in [-0.15, -0.1) is 0 Å². The van der Waals surface area contributed by atoms with Crippen molar-refractivity contribution < 1.29 is 9.53 Å². The molecule has 2 aromatic rings. The molecule has 0 aliphatic heterocycles. The number of hydrogen-bond acceptors (Lipinski definition) is 3. The highest BCUT2D eigenvalue weighted by molar-refractivity contribution is 6.67. The van der Waals surface area contributed by atoms with Gasteiger partial charge in [0.1, 0.15) is 17.0 Å². The second-order valence-electron chi connectivity index (χ2n) is 5.38. The fraction of sp³-hybridized carbons (Fsp3) is 0.375. The van der Waals surface area contributed by atoms with E-state index in [4.69, 9.17) is 27.9 Å². The largest absolute Gasteiger partial charge is 0.491 e. The predicted molar refractivity (Wildman–Crippen MR) is 84.4 cm³/mol. The van der Waals surface area contributed by atoms with E-state index < -0.39 is 5.24 Å². The Morgan fingerprint density at radius 3 is 2.81 bits per heavy atom. The topological polar surface area (TPSA) is 39.2 Å². The first kappa shape index (κ1) is 14.6. The zero-order valence-corrected chi connectivity index (χ0v) is 13.0. The molecule has 5 heteroatoms. The first-order chi connectivity index (χ1) is 10.1. The van der Waals surface area contributed by atoms with E-state index in [9.17, 15) is 4.79 Å². The van der Waals surface area contributed by atoms with Gasteiger partial charge in [-0.25, -0.2) is 4.98 Å². The zero-order chi connectivity index (χ0) is 14.8. The Hall–Kier alpha value is -1.32. The highest BCUT2D eigenvalue weighted by atomic mass is 35.5. The number of para-hydroxylation sites is 1. The Bertz CT molecular complexity index is 681. The molecule has 0 spiro atoms. The zero-order valence-electron chi connectivity index (χ0n) is 11.4. The van der Waals surface area contributed by atoms with Crippen LogP contribution < -0.4 is 4.74 Å². The maximum absolute atomic E-state index is 11.3. The van der Waals surface area contributed by atoms with Crippen LogP contribution in [-0.4, -0.2) is 16.8 Å². The predicted octanol–water partition coefficient (Wildman–Crippen LogP) is 4.84. The summed E-state index contributed by atoms with van der Waals surface area (Å²) in [5.74, 6) is 1.26. The lowest BCUT2D eigenvalue weighted by molar-refractivity contribution is 0.107. The maximum atomic E-state index is 11.3. The Morgan fingerprint density at radius 1 is 1.33 bits per heavy atom. The van der Waals surface area contributed by atoms with E-state index in [0.29, 0.717) is 28.8 Å². The second kappa shape index (κ2) is 6.20. The Morgan fingerprint density at radius 2 is 2.10 bits per heavy atom. The molecule has 21 heavy (non-hydrogen) atoms. The van der Waals surface area contributed by atoms with Gasteiger partial charge in [0.2, 0.25) is 0 Å². The normalized spacial score (nSPS) is 15.5. The number of halogens is 2. The number of benzene rings is 1. The number of nitrogens with zero attached hydrogens (tertiary/aromatic N) is 1. The van der Waals surface area contributed by atoms with Crippen LogP contribution in [0.3, 0.4) is 0 Å². The monoisotopic (exact) mass is 323 g/mol.